The predicted molar refractivity (Wildman–Crippen MR) is 529 cm³/mol. The van der Waals surface area contributed by atoms with E-state index in [-0.39, 0.29) is 80.4 Å². The molecule has 0 saturated heterocycles. The van der Waals surface area contributed by atoms with Crippen molar-refractivity contribution in [3.05, 3.63) is 337 Å². The van der Waals surface area contributed by atoms with Crippen LogP contribution in [0, 0.1) is 71.6 Å². The summed E-state index contributed by atoms with van der Waals surface area (Å²) in [5, 5.41) is 9.57. The first-order chi connectivity index (χ1) is 62.1. The summed E-state index contributed by atoms with van der Waals surface area (Å²) in [6.07, 6.45) is 23.7. The minimum atomic E-state index is 0. The number of rotatable bonds is 24. The van der Waals surface area contributed by atoms with Gasteiger partial charge in [-0.1, -0.05) is 190 Å². The molecule has 20 aromatic rings. The fourth-order valence-corrected chi connectivity index (χ4v) is 18.8. The van der Waals surface area contributed by atoms with E-state index in [9.17, 15) is 0 Å². The molecule has 16 heteroatoms. The van der Waals surface area contributed by atoms with E-state index in [4.69, 9.17) is 37.6 Å². The third kappa shape index (κ3) is 21.1. The van der Waals surface area contributed by atoms with Gasteiger partial charge in [-0.25, -0.2) is 0 Å². The van der Waals surface area contributed by atoms with Crippen LogP contribution >= 0.6 is 0 Å². The van der Waals surface area contributed by atoms with Gasteiger partial charge in [-0.05, 0) is 180 Å². The van der Waals surface area contributed by atoms with Gasteiger partial charge in [0.2, 0.25) is 0 Å². The van der Waals surface area contributed by atoms with Crippen LogP contribution in [-0.2, 0) is 132 Å². The summed E-state index contributed by atoms with van der Waals surface area (Å²) in [4.78, 5) is 18.9. The third-order valence-electron chi connectivity index (χ3n) is 23.5. The van der Waals surface area contributed by atoms with Crippen LogP contribution in [0.3, 0.4) is 0 Å². The fraction of sp³-hybridized carbons (Fsp3) is 0.276. The summed E-state index contributed by atoms with van der Waals surface area (Å²) in [5.41, 5.74) is 26.9. The number of hydrogen-bond donors (Lipinski definition) is 0. The van der Waals surface area contributed by atoms with E-state index in [2.05, 4.69) is 293 Å². The first-order valence-electron chi connectivity index (χ1n) is 46.0. The van der Waals surface area contributed by atoms with Gasteiger partial charge in [0, 0.05) is 185 Å². The first kappa shape index (κ1) is 98.8. The Balaban J connectivity index is 0.000000148. The Morgan fingerprint density at radius 2 is 0.545 bits per heavy atom. The average molecular weight is 2460 g/mol. The Morgan fingerprint density at radius 3 is 0.970 bits per heavy atom. The van der Waals surface area contributed by atoms with Crippen LogP contribution in [0.5, 0.6) is 0 Å². The van der Waals surface area contributed by atoms with E-state index in [1.54, 1.807) is 0 Å². The number of nitrogens with zero attached hydrogens (tertiary/aromatic N) is 8. The van der Waals surface area contributed by atoms with E-state index in [1.807, 2.05) is 128 Å². The SMILES string of the molecule is CC(C)Cc1cc(CC(C)C)c2c(oc3ccccc32)c1-n1ccnc1-c1[c-]cccc1.CC(C)Cc1cc(CC(C)C)c2oc3ccccc3c2c1-n1ccnc1-c1[c-]cccc1.CC(C)Cc1cc2c(oc3ccccc32)c(CC(C)C)c1-n1ccnc1-c1[c-]cccc1.CC(C)Cc1cc2oc3ccccc3c2c(CC(C)C)c1-n1ccnc1-c1[c-]cccc1.[Ir].[Ir].[Ir].[Ir]. The molecule has 0 fully saturated rings. The Kier molecular flexibility index (Phi) is 32.9. The minimum Gasteiger partial charge on any atom is -0.456 e. The van der Waals surface area contributed by atoms with Gasteiger partial charge in [0.15, 0.2) is 5.58 Å². The van der Waals surface area contributed by atoms with Gasteiger partial charge in [-0.15, -0.1) is 144 Å². The quantitative estimate of drug-likeness (QED) is 0.0548. The number of aromatic nitrogens is 8. The van der Waals surface area contributed by atoms with Crippen molar-refractivity contribution in [1.29, 1.82) is 0 Å². The van der Waals surface area contributed by atoms with E-state index >= 15 is 0 Å². The third-order valence-corrected chi connectivity index (χ3v) is 23.5. The second kappa shape index (κ2) is 44.0. The van der Waals surface area contributed by atoms with E-state index in [0.29, 0.717) is 47.3 Å². The molecule has 0 saturated carbocycles. The molecule has 12 nitrogen and oxygen atoms in total. The van der Waals surface area contributed by atoms with Gasteiger partial charge in [0.1, 0.15) is 39.1 Å². The second-order valence-electron chi connectivity index (χ2n) is 37.7. The molecule has 684 valence electrons. The fourth-order valence-electron chi connectivity index (χ4n) is 18.8. The molecular weight excluding hydrogens is 2340 g/mol. The molecule has 4 radical (unpaired) electrons. The summed E-state index contributed by atoms with van der Waals surface area (Å²) in [5.74, 6) is 7.86. The van der Waals surface area contributed by atoms with Crippen LogP contribution in [0.1, 0.15) is 155 Å². The summed E-state index contributed by atoms with van der Waals surface area (Å²) < 4.78 is 34.8. The van der Waals surface area contributed by atoms with Crippen LogP contribution in [0.15, 0.2) is 286 Å². The average Bonchev–Trinajstić information content (AvgIpc) is 1.57. The number of hydrogen-bond acceptors (Lipinski definition) is 8. The Labute approximate surface area is 831 Å². The predicted octanol–water partition coefficient (Wildman–Crippen LogP) is 30.5. The second-order valence-corrected chi connectivity index (χ2v) is 37.7. The minimum absolute atomic E-state index is 0. The molecule has 0 aliphatic carbocycles. The zero-order valence-corrected chi connectivity index (χ0v) is 87.8. The molecular formula is C116H116Ir4N8O4-4. The summed E-state index contributed by atoms with van der Waals surface area (Å²) in [7, 11) is 0. The molecule has 0 unspecified atom stereocenters. The van der Waals surface area contributed by atoms with Gasteiger partial charge in [-0.2, -0.15) is 0 Å². The van der Waals surface area contributed by atoms with Crippen molar-refractivity contribution in [3.63, 3.8) is 0 Å². The topological polar surface area (TPSA) is 124 Å². The monoisotopic (exact) mass is 2460 g/mol. The van der Waals surface area contributed by atoms with Crippen molar-refractivity contribution < 1.29 is 98.1 Å². The molecule has 0 spiro atoms. The first-order valence-corrected chi connectivity index (χ1v) is 46.0. The number of fused-ring (bicyclic) bond motifs is 12. The molecule has 0 bridgehead atoms. The van der Waals surface area contributed by atoms with Crippen LogP contribution in [0.2, 0.25) is 0 Å². The van der Waals surface area contributed by atoms with Crippen molar-refractivity contribution >= 4 is 87.8 Å². The smallest absolute Gasteiger partial charge is 0.159 e. The van der Waals surface area contributed by atoms with Gasteiger partial charge in [-0.3, -0.25) is 19.9 Å². The molecule has 0 aliphatic rings. The van der Waals surface area contributed by atoms with Crippen molar-refractivity contribution in [3.8, 4) is 68.3 Å². The van der Waals surface area contributed by atoms with Crippen LogP contribution in [-0.4, -0.2) is 38.2 Å². The molecule has 0 aliphatic heterocycles. The molecule has 8 heterocycles. The zero-order chi connectivity index (χ0) is 89.0. The number of para-hydroxylation sites is 4. The molecule has 20 rings (SSSR count). The standard InChI is InChI=1S/4C29H29N2O.4Ir/c1-19(2)16-22-18-23(17-20(3)4)28-26(24-12-8-9-13-25(24)32-28)27(22)31-15-14-30-29(31)21-10-6-5-7-11-21;1-19(2)16-22-18-23(17-20(3)4)27(28-26(22)24-12-8-9-13-25(24)32-28)31-15-14-30-29(31)21-10-6-5-7-11-21;1-19(2)16-22-18-24-23-12-8-9-13-26(23)32-28(24)25(17-20(3)4)27(22)31-15-14-30-29(31)21-10-6-5-7-11-21;1-19(2)16-22-18-26-27(23-12-8-9-13-25(23)32-26)24(17-20(3)4)28(22)31-15-14-30-29(31)21-10-6-5-7-11-21;;;;/h4*5-10,12-15,18-20H,16-17H2,1-4H3;;;;/q4*-1;;;;. The molecule has 0 atom stereocenters. The molecule has 12 aromatic carbocycles. The van der Waals surface area contributed by atoms with Gasteiger partial charge in [0.25, 0.3) is 0 Å². The van der Waals surface area contributed by atoms with Crippen molar-refractivity contribution in [1.82, 2.24) is 38.2 Å². The Hall–Kier alpha value is -10.7. The van der Waals surface area contributed by atoms with Crippen LogP contribution < -0.4 is 0 Å². The number of imidazole rings is 4. The summed E-state index contributed by atoms with van der Waals surface area (Å²) >= 11 is 0. The van der Waals surface area contributed by atoms with E-state index < -0.39 is 0 Å². The van der Waals surface area contributed by atoms with Crippen LogP contribution in [0.25, 0.3) is 156 Å². The normalized spacial score (nSPS) is 11.6. The number of benzene rings is 12. The summed E-state index contributed by atoms with van der Waals surface area (Å²) in [6.45, 7) is 36.4. The van der Waals surface area contributed by atoms with Crippen molar-refractivity contribution in [2.45, 2.75) is 162 Å². The molecule has 132 heavy (non-hydrogen) atoms. The number of furan rings is 4. The Bertz CT molecular complexity index is 7200. The molecule has 8 aromatic heterocycles. The maximum atomic E-state index is 6.58. The van der Waals surface area contributed by atoms with Gasteiger partial charge < -0.3 is 35.9 Å². The molecule has 0 N–H and O–H groups in total. The largest absolute Gasteiger partial charge is 0.456 e. The zero-order valence-electron chi connectivity index (χ0n) is 78.2. The van der Waals surface area contributed by atoms with E-state index in [0.717, 1.165) is 153 Å². The maximum absolute atomic E-state index is 6.58. The van der Waals surface area contributed by atoms with Crippen molar-refractivity contribution in [2.24, 2.45) is 47.3 Å². The summed E-state index contributed by atoms with van der Waals surface area (Å²) in [6, 6.07) is 88.5. The Morgan fingerprint density at radius 1 is 0.242 bits per heavy atom. The van der Waals surface area contributed by atoms with Crippen LogP contribution in [0.4, 0.5) is 0 Å². The van der Waals surface area contributed by atoms with Gasteiger partial charge >= 0.3 is 0 Å². The van der Waals surface area contributed by atoms with Crippen molar-refractivity contribution in [2.75, 3.05) is 0 Å². The maximum Gasteiger partial charge on any atom is 0.159 e. The van der Waals surface area contributed by atoms with E-state index in [1.165, 1.54) is 99.3 Å². The molecule has 0 amide bonds. The van der Waals surface area contributed by atoms with Gasteiger partial charge in [0.05, 0.1) is 40.1 Å².